The summed E-state index contributed by atoms with van der Waals surface area (Å²) in [7, 11) is -3.58. The molecule has 0 saturated heterocycles. The highest BCUT2D eigenvalue weighted by molar-refractivity contribution is 7.86. The summed E-state index contributed by atoms with van der Waals surface area (Å²) < 4.78 is 29.4. The molecule has 2 aliphatic carbocycles. The minimum Gasteiger partial charge on any atom is -0.266 e. The van der Waals surface area contributed by atoms with Gasteiger partial charge in [0, 0.05) is 0 Å². The van der Waals surface area contributed by atoms with Gasteiger partial charge in [0.2, 0.25) is 0 Å². The maximum Gasteiger partial charge on any atom is 0.296 e. The van der Waals surface area contributed by atoms with Crippen LogP contribution in [0.25, 0.3) is 0 Å². The zero-order chi connectivity index (χ0) is 13.5. The Balaban J connectivity index is 1.64. The van der Waals surface area contributed by atoms with Gasteiger partial charge in [-0.15, -0.1) is 0 Å². The lowest BCUT2D eigenvalue weighted by molar-refractivity contribution is 0.200. The van der Waals surface area contributed by atoms with Gasteiger partial charge in [0.15, 0.2) is 0 Å². The number of benzene rings is 1. The Kier molecular flexibility index (Phi) is 3.39. The molecule has 1 aromatic rings. The molecular formula is C15H20O3S. The summed E-state index contributed by atoms with van der Waals surface area (Å²) >= 11 is 0. The van der Waals surface area contributed by atoms with Gasteiger partial charge in [-0.1, -0.05) is 24.1 Å². The van der Waals surface area contributed by atoms with Crippen molar-refractivity contribution in [3.63, 3.8) is 0 Å². The van der Waals surface area contributed by atoms with Crippen LogP contribution in [0.15, 0.2) is 29.2 Å². The van der Waals surface area contributed by atoms with Crippen molar-refractivity contribution < 1.29 is 12.6 Å². The Morgan fingerprint density at radius 3 is 2.47 bits per heavy atom. The van der Waals surface area contributed by atoms with Crippen molar-refractivity contribution in [2.24, 2.45) is 17.8 Å². The monoisotopic (exact) mass is 280 g/mol. The first-order valence-corrected chi connectivity index (χ1v) is 8.41. The van der Waals surface area contributed by atoms with Gasteiger partial charge in [0.1, 0.15) is 0 Å². The Bertz CT molecular complexity index is 547. The van der Waals surface area contributed by atoms with Crippen LogP contribution >= 0.6 is 0 Å². The lowest BCUT2D eigenvalue weighted by Gasteiger charge is -2.21. The summed E-state index contributed by atoms with van der Waals surface area (Å²) in [6.45, 7) is 2.30. The summed E-state index contributed by atoms with van der Waals surface area (Å²) in [5, 5.41) is 0. The van der Waals surface area contributed by atoms with Crippen LogP contribution in [0.3, 0.4) is 0 Å². The quantitative estimate of drug-likeness (QED) is 0.796. The minimum absolute atomic E-state index is 0.265. The van der Waals surface area contributed by atoms with Crippen molar-refractivity contribution in [2.45, 2.75) is 37.5 Å². The average Bonchev–Trinajstić information content (AvgIpc) is 2.99. The summed E-state index contributed by atoms with van der Waals surface area (Å²) in [5.41, 5.74) is 1.05. The standard InChI is InChI=1S/C15H20O3S/c1-11-2-6-15(7-3-11)19(16,17)18-10-14-9-12-4-5-13(14)8-12/h2-3,6-7,12-14H,4-5,8-10H2,1H3/t12-,13-,14+/m1/s1. The highest BCUT2D eigenvalue weighted by Gasteiger charge is 2.40. The van der Waals surface area contributed by atoms with E-state index in [1.807, 2.05) is 6.92 Å². The molecule has 2 fully saturated rings. The summed E-state index contributed by atoms with van der Waals surface area (Å²) in [6, 6.07) is 6.83. The van der Waals surface area contributed by atoms with Crippen LogP contribution < -0.4 is 0 Å². The van der Waals surface area contributed by atoms with Crippen molar-refractivity contribution in [2.75, 3.05) is 6.61 Å². The van der Waals surface area contributed by atoms with E-state index in [9.17, 15) is 8.42 Å². The van der Waals surface area contributed by atoms with Gasteiger partial charge in [-0.25, -0.2) is 0 Å². The number of hydrogen-bond acceptors (Lipinski definition) is 3. The highest BCUT2D eigenvalue weighted by Crippen LogP contribution is 2.48. The Labute approximate surface area is 115 Å². The van der Waals surface area contributed by atoms with Gasteiger partial charge in [-0.3, -0.25) is 4.18 Å². The molecule has 3 atom stereocenters. The molecule has 3 nitrogen and oxygen atoms in total. The van der Waals surface area contributed by atoms with Crippen molar-refractivity contribution >= 4 is 10.1 Å². The highest BCUT2D eigenvalue weighted by atomic mass is 32.2. The number of fused-ring (bicyclic) bond motifs is 2. The maximum atomic E-state index is 12.1. The summed E-state index contributed by atoms with van der Waals surface area (Å²) in [4.78, 5) is 0.265. The molecule has 0 spiro atoms. The SMILES string of the molecule is Cc1ccc(S(=O)(=O)OC[C@@H]2C[C@@H]3CC[C@@H]2C3)cc1. The molecule has 0 heterocycles. The molecule has 2 aliphatic rings. The van der Waals surface area contributed by atoms with Crippen molar-refractivity contribution in [1.82, 2.24) is 0 Å². The van der Waals surface area contributed by atoms with Gasteiger partial charge >= 0.3 is 0 Å². The lowest BCUT2D eigenvalue weighted by Crippen LogP contribution is -2.19. The topological polar surface area (TPSA) is 43.4 Å². The molecule has 0 N–H and O–H groups in total. The fourth-order valence-electron chi connectivity index (χ4n) is 3.53. The van der Waals surface area contributed by atoms with Crippen molar-refractivity contribution in [1.29, 1.82) is 0 Å². The number of hydrogen-bond donors (Lipinski definition) is 0. The fraction of sp³-hybridized carbons (Fsp3) is 0.600. The molecule has 1 aromatic carbocycles. The van der Waals surface area contributed by atoms with Crippen LogP contribution in [0.1, 0.15) is 31.2 Å². The first kappa shape index (κ1) is 13.1. The Hall–Kier alpha value is -0.870. The number of rotatable bonds is 4. The van der Waals surface area contributed by atoms with E-state index in [1.54, 1.807) is 24.3 Å². The second kappa shape index (κ2) is 4.91. The molecule has 3 rings (SSSR count). The van der Waals surface area contributed by atoms with Crippen LogP contribution in [0, 0.1) is 24.7 Å². The predicted octanol–water partition coefficient (Wildman–Crippen LogP) is 3.14. The third-order valence-electron chi connectivity index (χ3n) is 4.63. The van der Waals surface area contributed by atoms with Crippen LogP contribution in [0.4, 0.5) is 0 Å². The molecule has 0 radical (unpaired) electrons. The molecule has 2 saturated carbocycles. The van der Waals surface area contributed by atoms with Gasteiger partial charge < -0.3 is 0 Å². The normalized spacial score (nSPS) is 29.8. The van der Waals surface area contributed by atoms with E-state index >= 15 is 0 Å². The largest absolute Gasteiger partial charge is 0.296 e. The van der Waals surface area contributed by atoms with E-state index in [0.717, 1.165) is 17.9 Å². The van der Waals surface area contributed by atoms with Crippen molar-refractivity contribution in [3.8, 4) is 0 Å². The molecular weight excluding hydrogens is 260 g/mol. The molecule has 0 unspecified atom stereocenters. The predicted molar refractivity (Wildman–Crippen MR) is 73.3 cm³/mol. The van der Waals surface area contributed by atoms with E-state index in [1.165, 1.54) is 19.3 Å². The smallest absolute Gasteiger partial charge is 0.266 e. The third kappa shape index (κ3) is 2.70. The first-order chi connectivity index (χ1) is 9.04. The van der Waals surface area contributed by atoms with Crippen molar-refractivity contribution in [3.05, 3.63) is 29.8 Å². The Morgan fingerprint density at radius 2 is 1.89 bits per heavy atom. The fourth-order valence-corrected chi connectivity index (χ4v) is 4.49. The molecule has 4 heteroatoms. The molecule has 0 aromatic heterocycles. The second-order valence-corrected chi connectivity index (χ2v) is 7.60. The zero-order valence-electron chi connectivity index (χ0n) is 11.2. The van der Waals surface area contributed by atoms with Gasteiger partial charge in [-0.2, -0.15) is 8.42 Å². The van der Waals surface area contributed by atoms with Gasteiger partial charge in [0.05, 0.1) is 11.5 Å². The second-order valence-electron chi connectivity index (χ2n) is 5.99. The minimum atomic E-state index is -3.58. The van der Waals surface area contributed by atoms with Gasteiger partial charge in [0.25, 0.3) is 10.1 Å². The van der Waals surface area contributed by atoms with Crippen LogP contribution in [0.2, 0.25) is 0 Å². The van der Waals surface area contributed by atoms with E-state index in [4.69, 9.17) is 4.18 Å². The molecule has 104 valence electrons. The molecule has 0 aliphatic heterocycles. The van der Waals surface area contributed by atoms with E-state index in [0.29, 0.717) is 18.4 Å². The average molecular weight is 280 g/mol. The van der Waals surface area contributed by atoms with Crippen LogP contribution in [0.5, 0.6) is 0 Å². The lowest BCUT2D eigenvalue weighted by atomic mass is 9.90. The summed E-state index contributed by atoms with van der Waals surface area (Å²) in [5.74, 6) is 1.96. The van der Waals surface area contributed by atoms with E-state index < -0.39 is 10.1 Å². The van der Waals surface area contributed by atoms with Gasteiger partial charge in [-0.05, 0) is 56.1 Å². The number of aryl methyl sites for hydroxylation is 1. The molecule has 19 heavy (non-hydrogen) atoms. The van der Waals surface area contributed by atoms with Crippen LogP contribution in [-0.2, 0) is 14.3 Å². The molecule has 2 bridgehead atoms. The third-order valence-corrected chi connectivity index (χ3v) is 5.93. The maximum absolute atomic E-state index is 12.1. The molecule has 0 amide bonds. The summed E-state index contributed by atoms with van der Waals surface area (Å²) in [6.07, 6.45) is 5.00. The Morgan fingerprint density at radius 1 is 1.16 bits per heavy atom. The zero-order valence-corrected chi connectivity index (χ0v) is 12.0. The van der Waals surface area contributed by atoms with E-state index in [2.05, 4.69) is 0 Å². The van der Waals surface area contributed by atoms with E-state index in [-0.39, 0.29) is 4.90 Å². The van der Waals surface area contributed by atoms with Crippen LogP contribution in [-0.4, -0.2) is 15.0 Å². The first-order valence-electron chi connectivity index (χ1n) is 7.01.